The average molecular weight is 286 g/mol. The highest BCUT2D eigenvalue weighted by atomic mass is 35.5. The molecule has 7 nitrogen and oxygen atoms in total. The molecule has 0 saturated carbocycles. The van der Waals surface area contributed by atoms with Gasteiger partial charge in [-0.05, 0) is 17.7 Å². The molecule has 1 rings (SSSR count). The molecule has 1 aromatic carbocycles. The van der Waals surface area contributed by atoms with Gasteiger partial charge in [-0.1, -0.05) is 11.6 Å². The number of ether oxygens (including phenoxy) is 2. The van der Waals surface area contributed by atoms with E-state index < -0.39 is 12.0 Å². The lowest BCUT2D eigenvalue weighted by molar-refractivity contribution is -0.132. The lowest BCUT2D eigenvalue weighted by Gasteiger charge is -2.10. The molecule has 1 aromatic rings. The Labute approximate surface area is 114 Å². The third kappa shape index (κ3) is 4.47. The highest BCUT2D eigenvalue weighted by Gasteiger charge is 2.13. The van der Waals surface area contributed by atoms with Gasteiger partial charge in [0.15, 0.2) is 11.5 Å². The van der Waals surface area contributed by atoms with Crippen molar-refractivity contribution in [3.8, 4) is 11.5 Å². The van der Waals surface area contributed by atoms with Crippen LogP contribution >= 0.6 is 11.6 Å². The van der Waals surface area contributed by atoms with E-state index in [1.807, 2.05) is 5.43 Å². The zero-order chi connectivity index (χ0) is 14.4. The quantitative estimate of drug-likeness (QED) is 0.376. The number of carbonyl (C=O) groups excluding carboxylic acids is 2. The van der Waals surface area contributed by atoms with Crippen LogP contribution in [0.5, 0.6) is 11.5 Å². The molecule has 102 valence electrons. The van der Waals surface area contributed by atoms with Crippen LogP contribution in [0, 0.1) is 0 Å². The van der Waals surface area contributed by atoms with Crippen LogP contribution in [-0.2, 0) is 4.79 Å². The van der Waals surface area contributed by atoms with Crippen LogP contribution in [0.3, 0.4) is 0 Å². The number of hydrogen-bond donors (Lipinski definition) is 2. The smallest absolute Gasteiger partial charge is 0.332 e. The van der Waals surface area contributed by atoms with Crippen molar-refractivity contribution in [2.45, 2.75) is 6.92 Å². The summed E-state index contributed by atoms with van der Waals surface area (Å²) in [5, 5.41) is 3.75. The first kappa shape index (κ1) is 14.8. The van der Waals surface area contributed by atoms with Crippen molar-refractivity contribution < 1.29 is 19.1 Å². The summed E-state index contributed by atoms with van der Waals surface area (Å²) < 4.78 is 9.99. The largest absolute Gasteiger partial charge is 0.493 e. The van der Waals surface area contributed by atoms with E-state index in [0.29, 0.717) is 5.56 Å². The summed E-state index contributed by atoms with van der Waals surface area (Å²) in [4.78, 5) is 21.4. The Morgan fingerprint density at radius 3 is 2.68 bits per heavy atom. The summed E-state index contributed by atoms with van der Waals surface area (Å²) in [5.41, 5.74) is 7.42. The minimum Gasteiger partial charge on any atom is -0.493 e. The highest BCUT2D eigenvalue weighted by Crippen LogP contribution is 2.36. The van der Waals surface area contributed by atoms with Gasteiger partial charge >= 0.3 is 12.0 Å². The summed E-state index contributed by atoms with van der Waals surface area (Å²) in [6.07, 6.45) is 1.32. The van der Waals surface area contributed by atoms with Crippen LogP contribution in [0.2, 0.25) is 5.02 Å². The third-order valence-electron chi connectivity index (χ3n) is 1.89. The molecule has 0 aromatic heterocycles. The zero-order valence-corrected chi connectivity index (χ0v) is 11.0. The van der Waals surface area contributed by atoms with Crippen molar-refractivity contribution >= 4 is 29.8 Å². The van der Waals surface area contributed by atoms with Crippen LogP contribution in [0.25, 0.3) is 0 Å². The Balaban J connectivity index is 3.05. The van der Waals surface area contributed by atoms with Crippen molar-refractivity contribution in [3.63, 3.8) is 0 Å². The number of carbonyl (C=O) groups is 2. The molecule has 3 N–H and O–H groups in total. The molecule has 0 saturated heterocycles. The number of methoxy groups -OCH3 is 1. The van der Waals surface area contributed by atoms with Gasteiger partial charge < -0.3 is 15.2 Å². The van der Waals surface area contributed by atoms with Crippen molar-refractivity contribution in [1.29, 1.82) is 0 Å². The van der Waals surface area contributed by atoms with Gasteiger partial charge in [-0.15, -0.1) is 0 Å². The number of urea groups is 1. The van der Waals surface area contributed by atoms with Crippen molar-refractivity contribution in [3.05, 3.63) is 22.7 Å². The molecule has 0 bridgehead atoms. The number of hydrazone groups is 1. The van der Waals surface area contributed by atoms with Crippen LogP contribution in [0.1, 0.15) is 12.5 Å². The van der Waals surface area contributed by atoms with Crippen LogP contribution in [-0.4, -0.2) is 25.3 Å². The fraction of sp³-hybridized carbons (Fsp3) is 0.182. The number of rotatable bonds is 4. The molecule has 0 heterocycles. The number of nitrogens with zero attached hydrogens (tertiary/aromatic N) is 1. The van der Waals surface area contributed by atoms with Crippen LogP contribution in [0.15, 0.2) is 17.2 Å². The van der Waals surface area contributed by atoms with E-state index in [-0.39, 0.29) is 16.5 Å². The Bertz CT molecular complexity index is 531. The second kappa shape index (κ2) is 6.60. The Morgan fingerprint density at radius 2 is 2.16 bits per heavy atom. The van der Waals surface area contributed by atoms with E-state index in [4.69, 9.17) is 26.8 Å². The predicted molar refractivity (Wildman–Crippen MR) is 69.6 cm³/mol. The van der Waals surface area contributed by atoms with Crippen LogP contribution < -0.4 is 20.6 Å². The van der Waals surface area contributed by atoms with E-state index in [2.05, 4.69) is 5.10 Å². The van der Waals surface area contributed by atoms with Gasteiger partial charge in [-0.2, -0.15) is 5.10 Å². The standard InChI is InChI=1S/C11H12ClN3O4/c1-6(16)19-10-8(12)3-7(4-9(10)18-2)5-14-15-11(13)17/h3-5H,1-2H3,(H3,13,15,17). The van der Waals surface area contributed by atoms with E-state index in [1.165, 1.54) is 32.4 Å². The maximum atomic E-state index is 10.9. The number of amides is 2. The van der Waals surface area contributed by atoms with Gasteiger partial charge in [0.2, 0.25) is 0 Å². The van der Waals surface area contributed by atoms with Crippen molar-refractivity contribution in [1.82, 2.24) is 5.43 Å². The molecular weight excluding hydrogens is 274 g/mol. The molecule has 0 aliphatic carbocycles. The van der Waals surface area contributed by atoms with E-state index >= 15 is 0 Å². The summed E-state index contributed by atoms with van der Waals surface area (Å²) in [7, 11) is 1.40. The number of nitrogens with one attached hydrogen (secondary N) is 1. The molecule has 8 heteroatoms. The molecule has 0 aliphatic heterocycles. The van der Waals surface area contributed by atoms with Crippen molar-refractivity contribution in [2.24, 2.45) is 10.8 Å². The van der Waals surface area contributed by atoms with Gasteiger partial charge in [0.05, 0.1) is 18.3 Å². The summed E-state index contributed by atoms with van der Waals surface area (Å²) in [6, 6.07) is 2.25. The number of benzene rings is 1. The maximum absolute atomic E-state index is 10.9. The monoisotopic (exact) mass is 285 g/mol. The Hall–Kier alpha value is -2.28. The number of hydrogen-bond acceptors (Lipinski definition) is 5. The van der Waals surface area contributed by atoms with Gasteiger partial charge in [0, 0.05) is 6.92 Å². The minimum atomic E-state index is -0.786. The fourth-order valence-electron chi connectivity index (χ4n) is 1.23. The minimum absolute atomic E-state index is 0.122. The van der Waals surface area contributed by atoms with E-state index in [0.717, 1.165) is 0 Å². The topological polar surface area (TPSA) is 103 Å². The Kier molecular flexibility index (Phi) is 5.13. The van der Waals surface area contributed by atoms with Gasteiger partial charge in [-0.25, -0.2) is 10.2 Å². The van der Waals surface area contributed by atoms with Gasteiger partial charge in [0.25, 0.3) is 0 Å². The van der Waals surface area contributed by atoms with E-state index in [9.17, 15) is 9.59 Å². The number of nitrogens with two attached hydrogens (primary N) is 1. The SMILES string of the molecule is COc1cc(C=NNC(N)=O)cc(Cl)c1OC(C)=O. The number of halogens is 1. The molecule has 0 spiro atoms. The first-order valence-electron chi connectivity index (χ1n) is 5.08. The summed E-state index contributed by atoms with van der Waals surface area (Å²) >= 11 is 5.97. The summed E-state index contributed by atoms with van der Waals surface area (Å²) in [5.74, 6) is -0.128. The molecule has 19 heavy (non-hydrogen) atoms. The lowest BCUT2D eigenvalue weighted by Crippen LogP contribution is -2.24. The Morgan fingerprint density at radius 1 is 1.47 bits per heavy atom. The lowest BCUT2D eigenvalue weighted by atomic mass is 10.2. The second-order valence-corrected chi connectivity index (χ2v) is 3.77. The average Bonchev–Trinajstić information content (AvgIpc) is 2.31. The fourth-order valence-corrected chi connectivity index (χ4v) is 1.49. The predicted octanol–water partition coefficient (Wildman–Crippen LogP) is 1.28. The highest BCUT2D eigenvalue weighted by molar-refractivity contribution is 6.32. The van der Waals surface area contributed by atoms with Gasteiger partial charge in [0.1, 0.15) is 0 Å². The molecule has 0 unspecified atom stereocenters. The maximum Gasteiger partial charge on any atom is 0.332 e. The summed E-state index contributed by atoms with van der Waals surface area (Å²) in [6.45, 7) is 1.25. The van der Waals surface area contributed by atoms with E-state index in [1.54, 1.807) is 0 Å². The zero-order valence-electron chi connectivity index (χ0n) is 10.3. The normalized spacial score (nSPS) is 10.3. The third-order valence-corrected chi connectivity index (χ3v) is 2.17. The molecular formula is C11H12ClN3O4. The molecule has 0 aliphatic rings. The number of primary amides is 1. The molecule has 0 fully saturated rings. The first-order valence-corrected chi connectivity index (χ1v) is 5.46. The number of esters is 1. The molecule has 2 amide bonds. The van der Waals surface area contributed by atoms with Gasteiger partial charge in [-0.3, -0.25) is 4.79 Å². The second-order valence-electron chi connectivity index (χ2n) is 3.36. The van der Waals surface area contributed by atoms with Crippen LogP contribution in [0.4, 0.5) is 4.79 Å². The van der Waals surface area contributed by atoms with Crippen molar-refractivity contribution in [2.75, 3.05) is 7.11 Å². The molecule has 0 atom stereocenters. The first-order chi connectivity index (χ1) is 8.93. The molecule has 0 radical (unpaired) electrons.